The average Bonchev–Trinajstić information content (AvgIpc) is 2.54. The average molecular weight is 430 g/mol. The number of hydrogen-bond donors (Lipinski definition) is 8. The molecular formula is C13H27N4O10P. The molecule has 0 saturated heterocycles. The van der Waals surface area contributed by atoms with Crippen LogP contribution in [0.5, 0.6) is 5.75 Å². The molecule has 1 aromatic carbocycles. The van der Waals surface area contributed by atoms with Crippen LogP contribution in [0.25, 0.3) is 0 Å². The highest BCUT2D eigenvalue weighted by Crippen LogP contribution is 2.56. The first-order valence-electron chi connectivity index (χ1n) is 7.96. The number of quaternary nitrogens is 3. The Morgan fingerprint density at radius 1 is 1.00 bits per heavy atom. The lowest BCUT2D eigenvalue weighted by Crippen LogP contribution is -3.02. The van der Waals surface area contributed by atoms with Crippen molar-refractivity contribution in [3.8, 4) is 5.75 Å². The number of hydrogen-bond acceptors (Lipinski definition) is 11. The van der Waals surface area contributed by atoms with Crippen molar-refractivity contribution >= 4 is 24.7 Å². The van der Waals surface area contributed by atoms with Gasteiger partial charge in [-0.3, -0.25) is 4.57 Å². The van der Waals surface area contributed by atoms with E-state index >= 15 is 0 Å². The quantitative estimate of drug-likeness (QED) is 0.103. The third-order valence-electron chi connectivity index (χ3n) is 3.12. The molecule has 28 heavy (non-hydrogen) atoms. The van der Waals surface area contributed by atoms with Gasteiger partial charge in [-0.2, -0.15) is 15.7 Å². The third-order valence-corrected chi connectivity index (χ3v) is 5.73. The van der Waals surface area contributed by atoms with Crippen molar-refractivity contribution in [1.29, 1.82) is 0 Å². The van der Waals surface area contributed by atoms with Gasteiger partial charge in [-0.15, -0.1) is 0 Å². The van der Waals surface area contributed by atoms with E-state index < -0.39 is 51.4 Å². The molecule has 0 spiro atoms. The van der Waals surface area contributed by atoms with Gasteiger partial charge in [0.05, 0.1) is 25.3 Å². The van der Waals surface area contributed by atoms with Gasteiger partial charge < -0.3 is 35.5 Å². The van der Waals surface area contributed by atoms with Gasteiger partial charge >= 0.3 is 7.60 Å². The highest BCUT2D eigenvalue weighted by Gasteiger charge is 2.39. The molecule has 0 aliphatic rings. The Morgan fingerprint density at radius 3 is 1.57 bits per heavy atom. The molecule has 0 bridgehead atoms. The lowest BCUT2D eigenvalue weighted by molar-refractivity contribution is -1.00. The summed E-state index contributed by atoms with van der Waals surface area (Å²) in [5, 5.41) is 61.4. The summed E-state index contributed by atoms with van der Waals surface area (Å²) in [4.78, 5) is 0. The van der Waals surface area contributed by atoms with Crippen molar-refractivity contribution < 1.29 is 50.0 Å². The molecule has 0 aliphatic heterocycles. The predicted octanol–water partition coefficient (Wildman–Crippen LogP) is -1.45. The van der Waals surface area contributed by atoms with E-state index in [1.807, 2.05) is 0 Å². The minimum atomic E-state index is -3.13. The van der Waals surface area contributed by atoms with Crippen LogP contribution in [0, 0.1) is 15.6 Å². The van der Waals surface area contributed by atoms with E-state index in [2.05, 4.69) is 0 Å². The number of phenolic OH excluding ortho intramolecular Hbond substituents is 1. The Kier molecular flexibility index (Phi) is 10.6. The van der Waals surface area contributed by atoms with Crippen molar-refractivity contribution in [2.75, 3.05) is 13.2 Å². The van der Waals surface area contributed by atoms with Crippen LogP contribution in [-0.4, -0.2) is 39.2 Å². The molecule has 0 heterocycles. The van der Waals surface area contributed by atoms with Gasteiger partial charge in [-0.25, -0.2) is 15.6 Å². The van der Waals surface area contributed by atoms with Gasteiger partial charge in [0.1, 0.15) is 5.28 Å². The summed E-state index contributed by atoms with van der Waals surface area (Å²) in [5.41, 5.74) is 3.62. The molecule has 15 heteroatoms. The van der Waals surface area contributed by atoms with Crippen molar-refractivity contribution in [3.63, 3.8) is 0 Å². The van der Waals surface area contributed by atoms with Crippen molar-refractivity contribution in [2.24, 2.45) is 5.73 Å². The lowest BCUT2D eigenvalue weighted by Gasteiger charge is -2.28. The van der Waals surface area contributed by atoms with E-state index in [4.69, 9.17) is 30.4 Å². The summed E-state index contributed by atoms with van der Waals surface area (Å²) in [6.07, 6.45) is 0. The molecule has 3 unspecified atom stereocenters. The van der Waals surface area contributed by atoms with E-state index in [0.717, 1.165) is 0 Å². The molecule has 1 aromatic rings. The van der Waals surface area contributed by atoms with Crippen LogP contribution in [0.2, 0.25) is 0 Å². The van der Waals surface area contributed by atoms with E-state index in [-0.39, 0.29) is 0 Å². The normalized spacial score (nSPS) is 15.4. The van der Waals surface area contributed by atoms with E-state index in [9.17, 15) is 25.3 Å². The van der Waals surface area contributed by atoms with Gasteiger partial charge in [0.15, 0.2) is 5.69 Å². The molecular weight excluding hydrogens is 403 g/mol. The smallest absolute Gasteiger partial charge is 0.349 e. The summed E-state index contributed by atoms with van der Waals surface area (Å²) in [6, 6.07) is 1.37. The number of benzene rings is 1. The Balaban J connectivity index is 0.000000546. The van der Waals surface area contributed by atoms with Crippen molar-refractivity contribution in [3.05, 3.63) is 27.8 Å². The summed E-state index contributed by atoms with van der Waals surface area (Å²) in [7, 11) is -3.13. The minimum Gasteiger partial charge on any atom is -0.595 e. The van der Waals surface area contributed by atoms with Crippen LogP contribution in [0.3, 0.4) is 0 Å². The molecule has 14 nitrogen and oxygen atoms in total. The van der Waals surface area contributed by atoms with Gasteiger partial charge in [0, 0.05) is 0 Å². The minimum absolute atomic E-state index is 0.345. The zero-order chi connectivity index (χ0) is 22.3. The fourth-order valence-electron chi connectivity index (χ4n) is 1.79. The highest BCUT2D eigenvalue weighted by atomic mass is 31.2. The van der Waals surface area contributed by atoms with Crippen LogP contribution in [0.1, 0.15) is 27.7 Å². The Bertz CT molecular complexity index is 626. The number of nitrogens with one attached hydrogen (secondary N) is 3. The molecule has 0 saturated carbocycles. The lowest BCUT2D eigenvalue weighted by atomic mass is 10.2. The molecule has 0 radical (unpaired) electrons. The Morgan fingerprint density at radius 2 is 1.36 bits per heavy atom. The van der Waals surface area contributed by atoms with Crippen LogP contribution in [0.15, 0.2) is 12.1 Å². The Hall–Kier alpha value is -1.23. The van der Waals surface area contributed by atoms with Crippen molar-refractivity contribution in [2.45, 2.75) is 33.0 Å². The molecule has 0 aromatic heterocycles. The number of rotatable bonds is 8. The van der Waals surface area contributed by atoms with Crippen LogP contribution >= 0.6 is 7.60 Å². The monoisotopic (exact) mass is 430 g/mol. The second-order valence-electron chi connectivity index (χ2n) is 5.82. The molecule has 3 atom stereocenters. The van der Waals surface area contributed by atoms with Gasteiger partial charge in [0.25, 0.3) is 0 Å². The molecule has 0 amide bonds. The first-order valence-corrected chi connectivity index (χ1v) is 9.51. The van der Waals surface area contributed by atoms with E-state index in [0.29, 0.717) is 25.3 Å². The standard InChI is InChI=1S/C7H18NO3P.C6H9N3O7/c1-5-10-12(9,11-6-2)7(3,4)8;10-6-4(8(13)14)1-3(7(11)12)2-5(6)9(15)16/h5-6,8H2,1-4H3;1-2,7-11,13,15H. The zero-order valence-corrected chi connectivity index (χ0v) is 16.7. The fraction of sp³-hybridized carbons (Fsp3) is 0.538. The van der Waals surface area contributed by atoms with E-state index in [1.54, 1.807) is 27.7 Å². The van der Waals surface area contributed by atoms with Crippen LogP contribution in [0.4, 0.5) is 17.1 Å². The van der Waals surface area contributed by atoms with E-state index in [1.165, 1.54) is 0 Å². The molecule has 0 fully saturated rings. The number of nitrogens with two attached hydrogens (primary N) is 1. The van der Waals surface area contributed by atoms with Crippen molar-refractivity contribution in [1.82, 2.24) is 0 Å². The van der Waals surface area contributed by atoms with Crippen LogP contribution < -0.4 is 21.4 Å². The first kappa shape index (κ1) is 26.8. The summed E-state index contributed by atoms with van der Waals surface area (Å²) in [6.45, 7) is 7.49. The maximum absolute atomic E-state index is 11.9. The second kappa shape index (κ2) is 11.1. The second-order valence-corrected chi connectivity index (χ2v) is 8.49. The first-order chi connectivity index (χ1) is 12.7. The van der Waals surface area contributed by atoms with Gasteiger partial charge in [-0.1, -0.05) is 0 Å². The van der Waals surface area contributed by atoms with Crippen LogP contribution in [-0.2, 0) is 13.6 Å². The highest BCUT2D eigenvalue weighted by molar-refractivity contribution is 7.55. The maximum atomic E-state index is 11.9. The maximum Gasteiger partial charge on any atom is 0.349 e. The largest absolute Gasteiger partial charge is 0.595 e. The predicted molar refractivity (Wildman–Crippen MR) is 94.6 cm³/mol. The van der Waals surface area contributed by atoms with Gasteiger partial charge in [0.2, 0.25) is 17.1 Å². The summed E-state index contributed by atoms with van der Waals surface area (Å²) in [5.74, 6) is -0.968. The third kappa shape index (κ3) is 7.31. The SMILES string of the molecule is CCOP(=O)(OCC)C(C)(C)N.[O-][NH+](O)c1cc([NH+]([O-])O)c(O)c([NH+]([O-])O)c1. The van der Waals surface area contributed by atoms with Gasteiger partial charge in [-0.05, 0) is 27.7 Å². The molecule has 1 rings (SSSR count). The molecule has 9 N–H and O–H groups in total. The summed E-state index contributed by atoms with van der Waals surface area (Å²) < 4.78 is 22.0. The fourth-order valence-corrected chi connectivity index (χ4v) is 3.21. The number of aromatic hydroxyl groups is 1. The Labute approximate surface area is 161 Å². The molecule has 0 aliphatic carbocycles. The molecule has 164 valence electrons. The number of phenols is 1. The summed E-state index contributed by atoms with van der Waals surface area (Å²) >= 11 is 0. The zero-order valence-electron chi connectivity index (χ0n) is 15.8. The topological polar surface area (TPSA) is 225 Å².